The Kier molecular flexibility index (Phi) is 3.99. The molecule has 20 heavy (non-hydrogen) atoms. The summed E-state index contributed by atoms with van der Waals surface area (Å²) in [6.45, 7) is 2.32. The second kappa shape index (κ2) is 5.74. The van der Waals surface area contributed by atoms with Crippen LogP contribution in [0.5, 0.6) is 5.75 Å². The number of likely N-dealkylation sites (tertiary alicyclic amines) is 1. The molecule has 1 aliphatic heterocycles. The molecule has 1 heterocycles. The highest BCUT2D eigenvalue weighted by Crippen LogP contribution is 2.38. The van der Waals surface area contributed by atoms with E-state index >= 15 is 0 Å². The maximum absolute atomic E-state index is 6.40. The Labute approximate surface area is 122 Å². The van der Waals surface area contributed by atoms with Gasteiger partial charge in [0, 0.05) is 31.0 Å². The number of rotatable bonds is 3. The SMILES string of the molecule is CN1CC2CCC(N(C)C)C(C1)C2Oc1ccccc1. The largest absolute Gasteiger partial charge is 0.490 e. The first-order valence-electron chi connectivity index (χ1n) is 7.72. The van der Waals surface area contributed by atoms with Gasteiger partial charge in [0.25, 0.3) is 0 Å². The monoisotopic (exact) mass is 274 g/mol. The molecule has 3 rings (SSSR count). The molecule has 2 aliphatic rings. The lowest BCUT2D eigenvalue weighted by molar-refractivity contribution is -0.0622. The van der Waals surface area contributed by atoms with Crippen molar-refractivity contribution in [2.24, 2.45) is 11.8 Å². The van der Waals surface area contributed by atoms with E-state index < -0.39 is 0 Å². The zero-order chi connectivity index (χ0) is 14.1. The third kappa shape index (κ3) is 2.70. The first-order chi connectivity index (χ1) is 9.65. The third-order valence-electron chi connectivity index (χ3n) is 4.96. The molecule has 2 fully saturated rings. The standard InChI is InChI=1S/C17H26N2O/c1-18(2)16-10-9-13-11-19(3)12-15(16)17(13)20-14-7-5-4-6-8-14/h4-8,13,15-17H,9-12H2,1-3H3. The van der Waals surface area contributed by atoms with Crippen LogP contribution in [-0.2, 0) is 0 Å². The van der Waals surface area contributed by atoms with E-state index in [1.165, 1.54) is 19.4 Å². The van der Waals surface area contributed by atoms with Gasteiger partial charge in [-0.05, 0) is 46.1 Å². The number of benzene rings is 1. The van der Waals surface area contributed by atoms with Gasteiger partial charge in [-0.15, -0.1) is 0 Å². The molecule has 2 bridgehead atoms. The van der Waals surface area contributed by atoms with E-state index in [2.05, 4.69) is 55.2 Å². The van der Waals surface area contributed by atoms with Crippen molar-refractivity contribution < 1.29 is 4.74 Å². The van der Waals surface area contributed by atoms with Crippen LogP contribution in [0.1, 0.15) is 12.8 Å². The van der Waals surface area contributed by atoms with Crippen molar-refractivity contribution in [1.82, 2.24) is 9.80 Å². The molecule has 4 unspecified atom stereocenters. The fourth-order valence-electron chi connectivity index (χ4n) is 4.07. The van der Waals surface area contributed by atoms with Crippen molar-refractivity contribution in [3.8, 4) is 5.75 Å². The van der Waals surface area contributed by atoms with Crippen LogP contribution in [0.2, 0.25) is 0 Å². The normalized spacial score (nSPS) is 34.2. The summed E-state index contributed by atoms with van der Waals surface area (Å²) in [7, 11) is 6.66. The summed E-state index contributed by atoms with van der Waals surface area (Å²) in [5.74, 6) is 2.31. The maximum Gasteiger partial charge on any atom is 0.119 e. The Morgan fingerprint density at radius 2 is 1.85 bits per heavy atom. The van der Waals surface area contributed by atoms with Crippen LogP contribution in [0.4, 0.5) is 0 Å². The zero-order valence-electron chi connectivity index (χ0n) is 12.8. The van der Waals surface area contributed by atoms with Gasteiger partial charge in [-0.1, -0.05) is 18.2 Å². The van der Waals surface area contributed by atoms with Crippen LogP contribution in [0.15, 0.2) is 30.3 Å². The molecule has 0 spiro atoms. The van der Waals surface area contributed by atoms with Gasteiger partial charge >= 0.3 is 0 Å². The van der Waals surface area contributed by atoms with Gasteiger partial charge in [0.2, 0.25) is 0 Å². The minimum absolute atomic E-state index is 0.370. The summed E-state index contributed by atoms with van der Waals surface area (Å²) in [4.78, 5) is 4.87. The van der Waals surface area contributed by atoms with Gasteiger partial charge in [-0.25, -0.2) is 0 Å². The number of hydrogen-bond acceptors (Lipinski definition) is 3. The Bertz CT molecular complexity index is 434. The Morgan fingerprint density at radius 1 is 1.10 bits per heavy atom. The molecular weight excluding hydrogens is 248 g/mol. The summed E-state index contributed by atoms with van der Waals surface area (Å²) in [5.41, 5.74) is 0. The second-order valence-corrected chi connectivity index (χ2v) is 6.65. The van der Waals surface area contributed by atoms with E-state index in [1.807, 2.05) is 6.07 Å². The van der Waals surface area contributed by atoms with Gasteiger partial charge < -0.3 is 14.5 Å². The van der Waals surface area contributed by atoms with Crippen LogP contribution >= 0.6 is 0 Å². The quantitative estimate of drug-likeness (QED) is 0.841. The number of nitrogens with zero attached hydrogens (tertiary/aromatic N) is 2. The van der Waals surface area contributed by atoms with E-state index in [0.29, 0.717) is 24.0 Å². The van der Waals surface area contributed by atoms with Crippen molar-refractivity contribution >= 4 is 0 Å². The van der Waals surface area contributed by atoms with Gasteiger partial charge in [0.05, 0.1) is 0 Å². The van der Waals surface area contributed by atoms with Crippen molar-refractivity contribution in [1.29, 1.82) is 0 Å². The molecule has 1 aromatic rings. The zero-order valence-corrected chi connectivity index (χ0v) is 12.8. The highest BCUT2D eigenvalue weighted by molar-refractivity contribution is 5.22. The molecule has 1 aliphatic carbocycles. The molecule has 0 N–H and O–H groups in total. The van der Waals surface area contributed by atoms with E-state index in [-0.39, 0.29) is 0 Å². The second-order valence-electron chi connectivity index (χ2n) is 6.65. The smallest absolute Gasteiger partial charge is 0.119 e. The first kappa shape index (κ1) is 13.9. The third-order valence-corrected chi connectivity index (χ3v) is 4.96. The topological polar surface area (TPSA) is 15.7 Å². The summed E-state index contributed by atoms with van der Waals surface area (Å²) in [5, 5.41) is 0. The number of ether oxygens (including phenoxy) is 1. The molecule has 1 aromatic carbocycles. The molecule has 4 atom stereocenters. The number of hydrogen-bond donors (Lipinski definition) is 0. The molecule has 0 aromatic heterocycles. The van der Waals surface area contributed by atoms with E-state index in [0.717, 1.165) is 12.3 Å². The average Bonchev–Trinajstić information content (AvgIpc) is 2.41. The molecule has 110 valence electrons. The summed E-state index contributed by atoms with van der Waals surface area (Å²) in [6, 6.07) is 11.0. The fraction of sp³-hybridized carbons (Fsp3) is 0.647. The number of para-hydroxylation sites is 1. The fourth-order valence-corrected chi connectivity index (χ4v) is 4.07. The van der Waals surface area contributed by atoms with E-state index in [1.54, 1.807) is 0 Å². The molecule has 0 amide bonds. The van der Waals surface area contributed by atoms with Crippen molar-refractivity contribution in [3.05, 3.63) is 30.3 Å². The highest BCUT2D eigenvalue weighted by atomic mass is 16.5. The summed E-state index contributed by atoms with van der Waals surface area (Å²) >= 11 is 0. The predicted octanol–water partition coefficient (Wildman–Crippen LogP) is 2.34. The Morgan fingerprint density at radius 3 is 2.55 bits per heavy atom. The predicted molar refractivity (Wildman–Crippen MR) is 82.0 cm³/mol. The minimum atomic E-state index is 0.370. The van der Waals surface area contributed by atoms with Crippen LogP contribution in [0.25, 0.3) is 0 Å². The summed E-state index contributed by atoms with van der Waals surface area (Å²) < 4.78 is 6.40. The highest BCUT2D eigenvalue weighted by Gasteiger charge is 2.45. The van der Waals surface area contributed by atoms with Gasteiger partial charge in [0.15, 0.2) is 0 Å². The van der Waals surface area contributed by atoms with Crippen molar-refractivity contribution in [2.75, 3.05) is 34.2 Å². The van der Waals surface area contributed by atoms with Crippen LogP contribution < -0.4 is 4.74 Å². The minimum Gasteiger partial charge on any atom is -0.490 e. The molecule has 1 saturated carbocycles. The van der Waals surface area contributed by atoms with E-state index in [4.69, 9.17) is 4.74 Å². The molecule has 3 heteroatoms. The Balaban J connectivity index is 1.81. The molecule has 1 saturated heterocycles. The number of fused-ring (bicyclic) bond motifs is 2. The molecule has 0 radical (unpaired) electrons. The van der Waals surface area contributed by atoms with Crippen LogP contribution in [0.3, 0.4) is 0 Å². The van der Waals surface area contributed by atoms with Gasteiger partial charge in [0.1, 0.15) is 11.9 Å². The van der Waals surface area contributed by atoms with Gasteiger partial charge in [-0.3, -0.25) is 0 Å². The van der Waals surface area contributed by atoms with Gasteiger partial charge in [-0.2, -0.15) is 0 Å². The first-order valence-corrected chi connectivity index (χ1v) is 7.72. The Hall–Kier alpha value is -1.06. The lowest BCUT2D eigenvalue weighted by atomic mass is 9.72. The average molecular weight is 274 g/mol. The number of piperidine rings is 1. The molecule has 3 nitrogen and oxygen atoms in total. The molecular formula is C17H26N2O. The lowest BCUT2D eigenvalue weighted by Crippen LogP contribution is -2.60. The van der Waals surface area contributed by atoms with E-state index in [9.17, 15) is 0 Å². The van der Waals surface area contributed by atoms with Crippen molar-refractivity contribution in [2.45, 2.75) is 25.0 Å². The maximum atomic E-state index is 6.40. The lowest BCUT2D eigenvalue weighted by Gasteiger charge is -2.51. The van der Waals surface area contributed by atoms with Crippen molar-refractivity contribution in [3.63, 3.8) is 0 Å². The van der Waals surface area contributed by atoms with Crippen LogP contribution in [-0.4, -0.2) is 56.2 Å². The van der Waals surface area contributed by atoms with Crippen LogP contribution in [0, 0.1) is 11.8 Å². The summed E-state index contributed by atoms with van der Waals surface area (Å²) in [6.07, 6.45) is 2.96.